The molecular weight excluding hydrogens is 354 g/mol. The van der Waals surface area contributed by atoms with Crippen LogP contribution in [-0.4, -0.2) is 48.0 Å². The monoisotopic (exact) mass is 374 g/mol. The summed E-state index contributed by atoms with van der Waals surface area (Å²) in [4.78, 5) is 14.7. The van der Waals surface area contributed by atoms with Gasteiger partial charge in [-0.15, -0.1) is 23.2 Å². The highest BCUT2D eigenvalue weighted by Gasteiger charge is 2.67. The van der Waals surface area contributed by atoms with Gasteiger partial charge in [-0.2, -0.15) is 0 Å². The van der Waals surface area contributed by atoms with E-state index in [4.69, 9.17) is 27.9 Å². The van der Waals surface area contributed by atoms with Crippen molar-refractivity contribution in [1.29, 1.82) is 0 Å². The summed E-state index contributed by atoms with van der Waals surface area (Å²) in [5, 5.41) is 2.97. The van der Waals surface area contributed by atoms with Crippen molar-refractivity contribution in [3.05, 3.63) is 35.6 Å². The number of nitrogens with zero attached hydrogens (tertiary/aromatic N) is 1. The van der Waals surface area contributed by atoms with Crippen LogP contribution < -0.4 is 5.32 Å². The van der Waals surface area contributed by atoms with Gasteiger partial charge in [0.15, 0.2) is 0 Å². The summed E-state index contributed by atoms with van der Waals surface area (Å²) in [7, 11) is 0. The van der Waals surface area contributed by atoms with Crippen molar-refractivity contribution in [2.45, 2.75) is 23.7 Å². The van der Waals surface area contributed by atoms with Crippen molar-refractivity contribution in [3.8, 4) is 0 Å². The molecule has 2 aliphatic rings. The summed E-state index contributed by atoms with van der Waals surface area (Å²) < 4.78 is 17.6. The van der Waals surface area contributed by atoms with Gasteiger partial charge in [0.25, 0.3) is 0 Å². The standard InChI is InChI=1S/C17H21Cl2FN2O2/c1-16(11-17(16,18)19)15(23)21-10-14(22-6-8-24-9-7-22)12-2-4-13(20)5-3-12/h2-5,14H,6-11H2,1H3,(H,21,23)/t14-,16+/m1/s1. The van der Waals surface area contributed by atoms with E-state index in [2.05, 4.69) is 10.2 Å². The Morgan fingerprint density at radius 3 is 2.46 bits per heavy atom. The fourth-order valence-electron chi connectivity index (χ4n) is 3.06. The summed E-state index contributed by atoms with van der Waals surface area (Å²) in [5.41, 5.74) is 0.219. The molecule has 4 nitrogen and oxygen atoms in total. The number of ether oxygens (including phenoxy) is 1. The van der Waals surface area contributed by atoms with Crippen molar-refractivity contribution >= 4 is 29.1 Å². The van der Waals surface area contributed by atoms with Gasteiger partial charge in [0.05, 0.1) is 24.7 Å². The van der Waals surface area contributed by atoms with Gasteiger partial charge in [-0.25, -0.2) is 4.39 Å². The number of benzene rings is 1. The Balaban J connectivity index is 1.70. The number of hydrogen-bond donors (Lipinski definition) is 1. The molecule has 0 aromatic heterocycles. The number of amides is 1. The van der Waals surface area contributed by atoms with Gasteiger partial charge in [0.2, 0.25) is 5.91 Å². The van der Waals surface area contributed by atoms with E-state index in [0.717, 1.165) is 18.7 Å². The minimum absolute atomic E-state index is 0.0409. The molecule has 2 fully saturated rings. The predicted molar refractivity (Wildman–Crippen MR) is 91.7 cm³/mol. The zero-order chi connectivity index (χ0) is 17.4. The largest absolute Gasteiger partial charge is 0.379 e. The average Bonchev–Trinajstić information content (AvgIpc) is 3.09. The second kappa shape index (κ2) is 6.79. The number of alkyl halides is 2. The van der Waals surface area contributed by atoms with Gasteiger partial charge < -0.3 is 10.1 Å². The molecule has 7 heteroatoms. The lowest BCUT2D eigenvalue weighted by atomic mass is 10.0. The fourth-order valence-corrected chi connectivity index (χ4v) is 3.77. The van der Waals surface area contributed by atoms with Crippen LogP contribution in [0.25, 0.3) is 0 Å². The Labute approximate surface area is 151 Å². The topological polar surface area (TPSA) is 41.6 Å². The molecule has 1 saturated carbocycles. The van der Waals surface area contributed by atoms with E-state index >= 15 is 0 Å². The van der Waals surface area contributed by atoms with Crippen LogP contribution in [0.3, 0.4) is 0 Å². The molecule has 1 amide bonds. The number of halogens is 3. The molecule has 0 spiro atoms. The lowest BCUT2D eigenvalue weighted by Gasteiger charge is -2.35. The van der Waals surface area contributed by atoms with Gasteiger partial charge >= 0.3 is 0 Å². The maximum atomic E-state index is 13.2. The second-order valence-electron chi connectivity index (χ2n) is 6.64. The van der Waals surface area contributed by atoms with Crippen LogP contribution >= 0.6 is 23.2 Å². The smallest absolute Gasteiger partial charge is 0.229 e. The van der Waals surface area contributed by atoms with Crippen molar-refractivity contribution in [2.75, 3.05) is 32.8 Å². The molecule has 0 bridgehead atoms. The second-order valence-corrected chi connectivity index (χ2v) is 8.12. The van der Waals surface area contributed by atoms with Crippen molar-refractivity contribution in [2.24, 2.45) is 5.41 Å². The SMILES string of the molecule is C[C@@]1(C(=O)NC[C@H](c2ccc(F)cc2)N2CCOCC2)CC1(Cl)Cl. The van der Waals surface area contributed by atoms with Crippen LogP contribution in [0.5, 0.6) is 0 Å². The summed E-state index contributed by atoms with van der Waals surface area (Å²) >= 11 is 12.2. The molecule has 132 valence electrons. The third-order valence-electron chi connectivity index (χ3n) is 4.96. The summed E-state index contributed by atoms with van der Waals surface area (Å²) in [6.07, 6.45) is 0.452. The molecule has 1 N–H and O–H groups in total. The van der Waals surface area contributed by atoms with Crippen LogP contribution in [0.15, 0.2) is 24.3 Å². The molecule has 1 aliphatic carbocycles. The number of nitrogens with one attached hydrogen (secondary N) is 1. The number of rotatable bonds is 5. The van der Waals surface area contributed by atoms with Crippen LogP contribution in [-0.2, 0) is 9.53 Å². The number of carbonyl (C=O) groups excluding carboxylic acids is 1. The molecule has 1 aliphatic heterocycles. The molecule has 0 unspecified atom stereocenters. The zero-order valence-corrected chi connectivity index (χ0v) is 15.0. The molecule has 3 rings (SSSR count). The Hall–Kier alpha value is -0.880. The van der Waals surface area contributed by atoms with Crippen LogP contribution in [0.2, 0.25) is 0 Å². The van der Waals surface area contributed by atoms with Gasteiger partial charge in [-0.05, 0) is 31.0 Å². The Bertz CT molecular complexity index is 605. The molecule has 24 heavy (non-hydrogen) atoms. The predicted octanol–water partition coefficient (Wildman–Crippen LogP) is 2.90. The maximum absolute atomic E-state index is 13.2. The lowest BCUT2D eigenvalue weighted by Crippen LogP contribution is -2.45. The highest BCUT2D eigenvalue weighted by Crippen LogP contribution is 2.63. The summed E-state index contributed by atoms with van der Waals surface area (Å²) in [6, 6.07) is 6.35. The van der Waals surface area contributed by atoms with Gasteiger partial charge in [0, 0.05) is 19.6 Å². The highest BCUT2D eigenvalue weighted by molar-refractivity contribution is 6.53. The Kier molecular flexibility index (Phi) is 5.07. The molecule has 1 aromatic carbocycles. The van der Waals surface area contributed by atoms with E-state index in [0.29, 0.717) is 26.2 Å². The molecule has 1 saturated heterocycles. The van der Waals surface area contributed by atoms with E-state index in [-0.39, 0.29) is 17.8 Å². The normalized spacial score (nSPS) is 27.5. The highest BCUT2D eigenvalue weighted by atomic mass is 35.5. The average molecular weight is 375 g/mol. The first-order valence-corrected chi connectivity index (χ1v) is 8.82. The number of hydrogen-bond acceptors (Lipinski definition) is 3. The fraction of sp³-hybridized carbons (Fsp3) is 0.588. The minimum atomic E-state index is -0.985. The molecule has 1 aromatic rings. The third-order valence-corrected chi connectivity index (χ3v) is 6.06. The van der Waals surface area contributed by atoms with Crippen molar-refractivity contribution < 1.29 is 13.9 Å². The molecule has 0 radical (unpaired) electrons. The minimum Gasteiger partial charge on any atom is -0.379 e. The van der Waals surface area contributed by atoms with Crippen LogP contribution in [0.4, 0.5) is 4.39 Å². The Morgan fingerprint density at radius 2 is 1.92 bits per heavy atom. The molecule has 2 atom stereocenters. The Morgan fingerprint density at radius 1 is 1.33 bits per heavy atom. The van der Waals surface area contributed by atoms with Gasteiger partial charge in [0.1, 0.15) is 10.2 Å². The van der Waals surface area contributed by atoms with Crippen molar-refractivity contribution in [3.63, 3.8) is 0 Å². The molecular formula is C17H21Cl2FN2O2. The quantitative estimate of drug-likeness (QED) is 0.805. The van der Waals surface area contributed by atoms with E-state index in [1.54, 1.807) is 19.1 Å². The first-order chi connectivity index (χ1) is 11.3. The lowest BCUT2D eigenvalue weighted by molar-refractivity contribution is -0.126. The van der Waals surface area contributed by atoms with Crippen LogP contribution in [0, 0.1) is 11.2 Å². The van der Waals surface area contributed by atoms with Gasteiger partial charge in [-0.1, -0.05) is 12.1 Å². The number of carbonyl (C=O) groups is 1. The first-order valence-electron chi connectivity index (χ1n) is 8.07. The van der Waals surface area contributed by atoms with E-state index in [1.807, 2.05) is 0 Å². The summed E-state index contributed by atoms with van der Waals surface area (Å²) in [5.74, 6) is -0.420. The zero-order valence-electron chi connectivity index (χ0n) is 13.5. The molecule has 1 heterocycles. The van der Waals surface area contributed by atoms with Crippen LogP contribution in [0.1, 0.15) is 24.9 Å². The van der Waals surface area contributed by atoms with Gasteiger partial charge in [-0.3, -0.25) is 9.69 Å². The van der Waals surface area contributed by atoms with Crippen molar-refractivity contribution in [1.82, 2.24) is 10.2 Å². The first kappa shape index (κ1) is 17.9. The third kappa shape index (κ3) is 3.54. The number of morpholine rings is 1. The van der Waals surface area contributed by atoms with E-state index < -0.39 is 9.75 Å². The van der Waals surface area contributed by atoms with E-state index in [9.17, 15) is 9.18 Å². The maximum Gasteiger partial charge on any atom is 0.229 e. The van der Waals surface area contributed by atoms with E-state index in [1.165, 1.54) is 12.1 Å². The summed E-state index contributed by atoms with van der Waals surface area (Å²) in [6.45, 7) is 5.02.